The summed E-state index contributed by atoms with van der Waals surface area (Å²) in [4.78, 5) is 23.4. The molecule has 0 fully saturated rings. The molecule has 6 heteroatoms. The van der Waals surface area contributed by atoms with Crippen molar-refractivity contribution in [2.75, 3.05) is 0 Å². The van der Waals surface area contributed by atoms with Gasteiger partial charge < -0.3 is 10.4 Å². The summed E-state index contributed by atoms with van der Waals surface area (Å²) in [5.74, 6) is -1.20. The Hall–Kier alpha value is -2.04. The van der Waals surface area contributed by atoms with Crippen LogP contribution in [0.3, 0.4) is 0 Å². The molecule has 0 radical (unpaired) electrons. The molecule has 132 valence electrons. The Morgan fingerprint density at radius 1 is 1.04 bits per heavy atom. The largest absolute Gasteiger partial charge is 0.481 e. The molecule has 0 bridgehead atoms. The van der Waals surface area contributed by atoms with Crippen LogP contribution in [0.2, 0.25) is 10.0 Å². The number of benzene rings is 2. The number of aryl methyl sites for hydroxylation is 1. The number of amides is 1. The highest BCUT2D eigenvalue weighted by Crippen LogP contribution is 2.22. The maximum absolute atomic E-state index is 12.3. The zero-order valence-electron chi connectivity index (χ0n) is 13.8. The van der Waals surface area contributed by atoms with Crippen molar-refractivity contribution in [2.45, 2.75) is 32.2 Å². The number of carbonyl (C=O) groups is 2. The quantitative estimate of drug-likeness (QED) is 0.762. The molecule has 0 aliphatic rings. The van der Waals surface area contributed by atoms with Gasteiger partial charge >= 0.3 is 5.97 Å². The fourth-order valence-electron chi connectivity index (χ4n) is 2.51. The molecule has 2 aromatic rings. The van der Waals surface area contributed by atoms with Gasteiger partial charge in [-0.2, -0.15) is 0 Å². The molecular formula is C19H19Cl2NO3. The number of carbonyl (C=O) groups excluding carboxylic acids is 1. The lowest BCUT2D eigenvalue weighted by atomic mass is 10.0. The first kappa shape index (κ1) is 19.3. The lowest BCUT2D eigenvalue weighted by molar-refractivity contribution is -0.137. The van der Waals surface area contributed by atoms with Gasteiger partial charge in [0.15, 0.2) is 0 Å². The Kier molecular flexibility index (Phi) is 6.85. The van der Waals surface area contributed by atoms with Gasteiger partial charge in [-0.25, -0.2) is 0 Å². The number of nitrogens with one attached hydrogen (secondary N) is 1. The number of halogens is 2. The van der Waals surface area contributed by atoms with E-state index in [0.717, 1.165) is 16.7 Å². The van der Waals surface area contributed by atoms with E-state index in [9.17, 15) is 9.59 Å². The first-order chi connectivity index (χ1) is 11.8. The SMILES string of the molecule is Cc1ccc(C[C@@H](CC(=O)O)NC(=O)Cc2ccc(Cl)c(Cl)c2)cc1. The van der Waals surface area contributed by atoms with Gasteiger partial charge in [0, 0.05) is 6.04 Å². The highest BCUT2D eigenvalue weighted by Gasteiger charge is 2.17. The average molecular weight is 380 g/mol. The van der Waals surface area contributed by atoms with E-state index in [2.05, 4.69) is 5.32 Å². The van der Waals surface area contributed by atoms with Gasteiger partial charge in [-0.3, -0.25) is 9.59 Å². The smallest absolute Gasteiger partial charge is 0.305 e. The summed E-state index contributed by atoms with van der Waals surface area (Å²) in [6.45, 7) is 1.98. The van der Waals surface area contributed by atoms with Crippen molar-refractivity contribution in [1.82, 2.24) is 5.32 Å². The van der Waals surface area contributed by atoms with E-state index in [1.807, 2.05) is 31.2 Å². The average Bonchev–Trinajstić information content (AvgIpc) is 2.52. The van der Waals surface area contributed by atoms with Gasteiger partial charge in [0.05, 0.1) is 22.9 Å². The second-order valence-electron chi connectivity index (χ2n) is 5.98. The third-order valence-corrected chi connectivity index (χ3v) is 4.48. The molecule has 0 heterocycles. The maximum Gasteiger partial charge on any atom is 0.305 e. The van der Waals surface area contributed by atoms with Gasteiger partial charge in [0.2, 0.25) is 5.91 Å². The molecule has 2 aromatic carbocycles. The van der Waals surface area contributed by atoms with Crippen LogP contribution in [-0.2, 0) is 22.4 Å². The van der Waals surface area contributed by atoms with Crippen LogP contribution in [0.1, 0.15) is 23.1 Å². The number of carboxylic acid groups (broad SMARTS) is 1. The van der Waals surface area contributed by atoms with E-state index >= 15 is 0 Å². The highest BCUT2D eigenvalue weighted by atomic mass is 35.5. The van der Waals surface area contributed by atoms with Gasteiger partial charge in [0.1, 0.15) is 0 Å². The second-order valence-corrected chi connectivity index (χ2v) is 6.79. The van der Waals surface area contributed by atoms with Crippen molar-refractivity contribution < 1.29 is 14.7 Å². The molecule has 2 rings (SSSR count). The van der Waals surface area contributed by atoms with Crippen LogP contribution < -0.4 is 5.32 Å². The Labute approximate surface area is 156 Å². The lowest BCUT2D eigenvalue weighted by Gasteiger charge is -2.17. The van der Waals surface area contributed by atoms with E-state index in [4.69, 9.17) is 28.3 Å². The van der Waals surface area contributed by atoms with Crippen LogP contribution in [-0.4, -0.2) is 23.0 Å². The van der Waals surface area contributed by atoms with Crippen molar-refractivity contribution in [1.29, 1.82) is 0 Å². The molecule has 0 aliphatic heterocycles. The molecule has 2 N–H and O–H groups in total. The molecule has 0 aromatic heterocycles. The van der Waals surface area contributed by atoms with Crippen LogP contribution in [0.15, 0.2) is 42.5 Å². The zero-order valence-corrected chi connectivity index (χ0v) is 15.3. The van der Waals surface area contributed by atoms with E-state index in [0.29, 0.717) is 16.5 Å². The van der Waals surface area contributed by atoms with E-state index in [-0.39, 0.29) is 18.7 Å². The fraction of sp³-hybridized carbons (Fsp3) is 0.263. The van der Waals surface area contributed by atoms with Gasteiger partial charge in [-0.05, 0) is 36.6 Å². The van der Waals surface area contributed by atoms with Crippen molar-refractivity contribution in [3.63, 3.8) is 0 Å². The molecule has 0 unspecified atom stereocenters. The van der Waals surface area contributed by atoms with Gasteiger partial charge in [-0.1, -0.05) is 59.1 Å². The van der Waals surface area contributed by atoms with E-state index in [1.165, 1.54) is 0 Å². The summed E-state index contributed by atoms with van der Waals surface area (Å²) in [5.41, 5.74) is 2.82. The molecule has 1 amide bonds. The van der Waals surface area contributed by atoms with Crippen LogP contribution in [0.25, 0.3) is 0 Å². The fourth-order valence-corrected chi connectivity index (χ4v) is 2.83. The number of rotatable bonds is 7. The van der Waals surface area contributed by atoms with Crippen LogP contribution >= 0.6 is 23.2 Å². The lowest BCUT2D eigenvalue weighted by Crippen LogP contribution is -2.39. The Balaban J connectivity index is 2.02. The molecule has 25 heavy (non-hydrogen) atoms. The van der Waals surface area contributed by atoms with Crippen molar-refractivity contribution in [3.05, 3.63) is 69.2 Å². The summed E-state index contributed by atoms with van der Waals surface area (Å²) in [5, 5.41) is 12.7. The van der Waals surface area contributed by atoms with E-state index in [1.54, 1.807) is 18.2 Å². The molecule has 0 aliphatic carbocycles. The van der Waals surface area contributed by atoms with Crippen molar-refractivity contribution >= 4 is 35.1 Å². The second kappa shape index (κ2) is 8.88. The molecule has 0 spiro atoms. The van der Waals surface area contributed by atoms with Crippen LogP contribution in [0.4, 0.5) is 0 Å². The maximum atomic E-state index is 12.3. The predicted octanol–water partition coefficient (Wildman–Crippen LogP) is 4.05. The number of hydrogen-bond donors (Lipinski definition) is 2. The number of carboxylic acids is 1. The van der Waals surface area contributed by atoms with Gasteiger partial charge in [-0.15, -0.1) is 0 Å². The van der Waals surface area contributed by atoms with Gasteiger partial charge in [0.25, 0.3) is 0 Å². The third-order valence-electron chi connectivity index (χ3n) is 3.74. The molecule has 0 saturated carbocycles. The summed E-state index contributed by atoms with van der Waals surface area (Å²) < 4.78 is 0. The molecule has 0 saturated heterocycles. The minimum absolute atomic E-state index is 0.112. The Morgan fingerprint density at radius 2 is 1.68 bits per heavy atom. The first-order valence-electron chi connectivity index (χ1n) is 7.84. The molecule has 1 atom stereocenters. The zero-order chi connectivity index (χ0) is 18.4. The van der Waals surface area contributed by atoms with E-state index < -0.39 is 12.0 Å². The highest BCUT2D eigenvalue weighted by molar-refractivity contribution is 6.42. The minimum atomic E-state index is -0.952. The van der Waals surface area contributed by atoms with Crippen molar-refractivity contribution in [3.8, 4) is 0 Å². The topological polar surface area (TPSA) is 66.4 Å². The normalized spacial score (nSPS) is 11.8. The molecular weight excluding hydrogens is 361 g/mol. The first-order valence-corrected chi connectivity index (χ1v) is 8.59. The molecule has 4 nitrogen and oxygen atoms in total. The van der Waals surface area contributed by atoms with Crippen molar-refractivity contribution in [2.24, 2.45) is 0 Å². The monoisotopic (exact) mass is 379 g/mol. The Morgan fingerprint density at radius 3 is 2.28 bits per heavy atom. The standard InChI is InChI=1S/C19H19Cl2NO3/c1-12-2-4-13(5-3-12)8-15(11-19(24)25)22-18(23)10-14-6-7-16(20)17(21)9-14/h2-7,9,15H,8,10-11H2,1H3,(H,22,23)(H,24,25)/t15-/m0/s1. The number of aliphatic carboxylic acids is 1. The number of hydrogen-bond acceptors (Lipinski definition) is 2. The summed E-state index contributed by atoms with van der Waals surface area (Å²) >= 11 is 11.8. The Bertz CT molecular complexity index is 760. The minimum Gasteiger partial charge on any atom is -0.481 e. The summed E-state index contributed by atoms with van der Waals surface area (Å²) in [7, 11) is 0. The third kappa shape index (κ3) is 6.40. The predicted molar refractivity (Wildman–Crippen MR) is 99.2 cm³/mol. The summed E-state index contributed by atoms with van der Waals surface area (Å²) in [6.07, 6.45) is 0.432. The van der Waals surface area contributed by atoms with Crippen LogP contribution in [0, 0.1) is 6.92 Å². The summed E-state index contributed by atoms with van der Waals surface area (Å²) in [6, 6.07) is 12.3. The van der Waals surface area contributed by atoms with Crippen LogP contribution in [0.5, 0.6) is 0 Å².